The number of amides is 1. The second kappa shape index (κ2) is 6.15. The summed E-state index contributed by atoms with van der Waals surface area (Å²) in [6, 6.07) is 10.7. The number of nitrogens with two attached hydrogens (primary N) is 1. The first kappa shape index (κ1) is 13.3. The molecule has 0 saturated carbocycles. The largest absolute Gasteiger partial charge is 0.399 e. The fraction of sp³-hybridized carbons (Fsp3) is 0.143. The minimum absolute atomic E-state index is 0.234. The summed E-state index contributed by atoms with van der Waals surface area (Å²) in [4.78, 5) is 13.0. The van der Waals surface area contributed by atoms with Crippen LogP contribution in [0.15, 0.2) is 46.9 Å². The van der Waals surface area contributed by atoms with E-state index in [-0.39, 0.29) is 5.91 Å². The third-order valence-corrected chi connectivity index (χ3v) is 3.52. The summed E-state index contributed by atoms with van der Waals surface area (Å²) in [6.07, 6.45) is 0.766. The Morgan fingerprint density at radius 3 is 2.63 bits per heavy atom. The molecule has 3 N–H and O–H groups in total. The van der Waals surface area contributed by atoms with Crippen molar-refractivity contribution in [3.63, 3.8) is 0 Å². The fourth-order valence-electron chi connectivity index (χ4n) is 1.57. The molecule has 1 aromatic heterocycles. The van der Waals surface area contributed by atoms with Gasteiger partial charge in [0.05, 0.1) is 10.6 Å². The molecule has 0 aliphatic rings. The maximum Gasteiger partial charge on any atom is 0.271 e. The Kier molecular flexibility index (Phi) is 4.30. The van der Waals surface area contributed by atoms with Gasteiger partial charge in [-0.05, 0) is 42.1 Å². The number of benzene rings is 1. The van der Waals surface area contributed by atoms with Crippen LogP contribution < -0.4 is 11.2 Å². The molecule has 0 bridgehead atoms. The molecule has 2 aromatic rings. The Morgan fingerprint density at radius 1 is 1.32 bits per heavy atom. The third kappa shape index (κ3) is 3.42. The van der Waals surface area contributed by atoms with E-state index < -0.39 is 0 Å². The summed E-state index contributed by atoms with van der Waals surface area (Å²) in [6.45, 7) is 2.01. The van der Waals surface area contributed by atoms with Crippen molar-refractivity contribution in [2.75, 3.05) is 5.73 Å². The summed E-state index contributed by atoms with van der Waals surface area (Å²) in [5.41, 5.74) is 10.2. The zero-order valence-electron chi connectivity index (χ0n) is 10.6. The lowest BCUT2D eigenvalue weighted by atomic mass is 10.2. The first-order valence-corrected chi connectivity index (χ1v) is 6.85. The maximum atomic E-state index is 11.9. The van der Waals surface area contributed by atoms with Gasteiger partial charge in [-0.15, -0.1) is 11.3 Å². The van der Waals surface area contributed by atoms with Gasteiger partial charge >= 0.3 is 0 Å². The van der Waals surface area contributed by atoms with E-state index in [9.17, 15) is 4.79 Å². The van der Waals surface area contributed by atoms with Crippen molar-refractivity contribution in [1.29, 1.82) is 0 Å². The Labute approximate surface area is 116 Å². The molecule has 5 heteroatoms. The smallest absolute Gasteiger partial charge is 0.271 e. The van der Waals surface area contributed by atoms with E-state index >= 15 is 0 Å². The molecule has 0 atom stereocenters. The number of rotatable bonds is 4. The van der Waals surface area contributed by atoms with Crippen LogP contribution in [-0.4, -0.2) is 11.6 Å². The topological polar surface area (TPSA) is 67.5 Å². The fourth-order valence-corrected chi connectivity index (χ4v) is 2.36. The van der Waals surface area contributed by atoms with E-state index in [1.165, 1.54) is 0 Å². The Balaban J connectivity index is 2.08. The molecule has 4 nitrogen and oxygen atoms in total. The van der Waals surface area contributed by atoms with Crippen molar-refractivity contribution < 1.29 is 4.79 Å². The number of nitrogens with zero attached hydrogens (tertiary/aromatic N) is 1. The van der Waals surface area contributed by atoms with Gasteiger partial charge in [0, 0.05) is 11.3 Å². The summed E-state index contributed by atoms with van der Waals surface area (Å²) in [7, 11) is 0. The van der Waals surface area contributed by atoms with Crippen LogP contribution in [0.2, 0.25) is 0 Å². The van der Waals surface area contributed by atoms with Gasteiger partial charge in [-0.2, -0.15) is 5.10 Å². The van der Waals surface area contributed by atoms with E-state index in [2.05, 4.69) is 10.5 Å². The molecule has 98 valence electrons. The van der Waals surface area contributed by atoms with Crippen molar-refractivity contribution in [3.8, 4) is 0 Å². The minimum Gasteiger partial charge on any atom is -0.399 e. The molecule has 0 saturated heterocycles. The van der Waals surface area contributed by atoms with Crippen LogP contribution in [0.1, 0.15) is 28.6 Å². The second-order valence-electron chi connectivity index (χ2n) is 3.95. The van der Waals surface area contributed by atoms with Crippen LogP contribution in [0.3, 0.4) is 0 Å². The number of hydrazone groups is 1. The third-order valence-electron chi connectivity index (χ3n) is 2.61. The van der Waals surface area contributed by atoms with Gasteiger partial charge in [0.2, 0.25) is 0 Å². The quantitative estimate of drug-likeness (QED) is 0.511. The van der Waals surface area contributed by atoms with Crippen LogP contribution in [0.25, 0.3) is 0 Å². The Hall–Kier alpha value is -2.14. The van der Waals surface area contributed by atoms with Gasteiger partial charge in [-0.1, -0.05) is 13.0 Å². The van der Waals surface area contributed by atoms with Crippen LogP contribution >= 0.6 is 11.3 Å². The maximum absolute atomic E-state index is 11.9. The molecule has 19 heavy (non-hydrogen) atoms. The standard InChI is InChI=1S/C14H15N3OS/c1-2-12(13-4-3-9-19-13)16-17-14(18)10-5-7-11(15)8-6-10/h3-9H,2,15H2,1H3,(H,17,18)/b16-12-. The predicted molar refractivity (Wildman–Crippen MR) is 79.5 cm³/mol. The molecule has 0 radical (unpaired) electrons. The van der Waals surface area contributed by atoms with E-state index in [1.807, 2.05) is 24.4 Å². The van der Waals surface area contributed by atoms with E-state index in [4.69, 9.17) is 5.73 Å². The number of anilines is 1. The first-order chi connectivity index (χ1) is 9.20. The highest BCUT2D eigenvalue weighted by Gasteiger charge is 2.06. The van der Waals surface area contributed by atoms with Crippen LogP contribution in [-0.2, 0) is 0 Å². The SMILES string of the molecule is CC/C(=N/NC(=O)c1ccc(N)cc1)c1cccs1. The predicted octanol–water partition coefficient (Wildman–Crippen LogP) is 2.87. The zero-order valence-corrected chi connectivity index (χ0v) is 11.4. The molecule has 0 aliphatic carbocycles. The summed E-state index contributed by atoms with van der Waals surface area (Å²) in [5, 5.41) is 6.17. The molecular formula is C14H15N3OS. The molecule has 0 spiro atoms. The molecule has 1 aromatic carbocycles. The molecule has 1 heterocycles. The summed E-state index contributed by atoms with van der Waals surface area (Å²) in [5.74, 6) is -0.234. The lowest BCUT2D eigenvalue weighted by Gasteiger charge is -2.03. The molecular weight excluding hydrogens is 258 g/mol. The highest BCUT2D eigenvalue weighted by molar-refractivity contribution is 7.12. The average molecular weight is 273 g/mol. The highest BCUT2D eigenvalue weighted by atomic mass is 32.1. The van der Waals surface area contributed by atoms with Gasteiger partial charge < -0.3 is 5.73 Å². The number of nitrogen functional groups attached to an aromatic ring is 1. The van der Waals surface area contributed by atoms with Gasteiger partial charge in [-0.3, -0.25) is 4.79 Å². The number of thiophene rings is 1. The summed E-state index contributed by atoms with van der Waals surface area (Å²) >= 11 is 1.61. The zero-order chi connectivity index (χ0) is 13.7. The number of carbonyl (C=O) groups is 1. The number of nitrogens with one attached hydrogen (secondary N) is 1. The second-order valence-corrected chi connectivity index (χ2v) is 4.90. The average Bonchev–Trinajstić information content (AvgIpc) is 2.94. The first-order valence-electron chi connectivity index (χ1n) is 5.97. The number of carbonyl (C=O) groups excluding carboxylic acids is 1. The van der Waals surface area contributed by atoms with E-state index in [1.54, 1.807) is 35.6 Å². The van der Waals surface area contributed by atoms with Crippen molar-refractivity contribution in [1.82, 2.24) is 5.43 Å². The monoisotopic (exact) mass is 273 g/mol. The van der Waals surface area contributed by atoms with Crippen molar-refractivity contribution in [2.24, 2.45) is 5.10 Å². The number of hydrogen-bond acceptors (Lipinski definition) is 4. The Morgan fingerprint density at radius 2 is 2.05 bits per heavy atom. The molecule has 2 rings (SSSR count). The lowest BCUT2D eigenvalue weighted by molar-refractivity contribution is 0.0955. The van der Waals surface area contributed by atoms with E-state index in [0.29, 0.717) is 11.3 Å². The van der Waals surface area contributed by atoms with Crippen LogP contribution in [0.5, 0.6) is 0 Å². The van der Waals surface area contributed by atoms with Gasteiger partial charge in [0.1, 0.15) is 0 Å². The lowest BCUT2D eigenvalue weighted by Crippen LogP contribution is -2.19. The van der Waals surface area contributed by atoms with Crippen LogP contribution in [0, 0.1) is 0 Å². The molecule has 0 aliphatic heterocycles. The van der Waals surface area contributed by atoms with Gasteiger partial charge in [0.15, 0.2) is 0 Å². The minimum atomic E-state index is -0.234. The normalized spacial score (nSPS) is 11.3. The Bertz CT molecular complexity index is 573. The molecule has 1 amide bonds. The molecule has 0 fully saturated rings. The van der Waals surface area contributed by atoms with Crippen molar-refractivity contribution in [3.05, 3.63) is 52.2 Å². The van der Waals surface area contributed by atoms with E-state index in [0.717, 1.165) is 17.0 Å². The van der Waals surface area contributed by atoms with Gasteiger partial charge in [0.25, 0.3) is 5.91 Å². The molecule has 0 unspecified atom stereocenters. The highest BCUT2D eigenvalue weighted by Crippen LogP contribution is 2.12. The van der Waals surface area contributed by atoms with Crippen molar-refractivity contribution in [2.45, 2.75) is 13.3 Å². The van der Waals surface area contributed by atoms with Gasteiger partial charge in [-0.25, -0.2) is 5.43 Å². The summed E-state index contributed by atoms with van der Waals surface area (Å²) < 4.78 is 0. The number of hydrogen-bond donors (Lipinski definition) is 2. The van der Waals surface area contributed by atoms with Crippen LogP contribution in [0.4, 0.5) is 5.69 Å². The van der Waals surface area contributed by atoms with Crippen molar-refractivity contribution >= 4 is 28.6 Å².